The van der Waals surface area contributed by atoms with E-state index in [4.69, 9.17) is 0 Å². The Labute approximate surface area is 638 Å². The van der Waals surface area contributed by atoms with Crippen LogP contribution >= 0.6 is 0 Å². The largest absolute Gasteiger partial charge is 0.298 e. The Morgan fingerprint density at radius 2 is 0.598 bits per heavy atom. The van der Waals surface area contributed by atoms with E-state index >= 15 is 0 Å². The second-order valence-electron chi connectivity index (χ2n) is 46.7. The van der Waals surface area contributed by atoms with Crippen molar-refractivity contribution in [1.82, 2.24) is 34.3 Å². The molecule has 0 aromatic rings. The van der Waals surface area contributed by atoms with Crippen molar-refractivity contribution < 1.29 is 0 Å². The molecule has 18 aliphatic rings. The Hall–Kier alpha value is -0.280. The van der Waals surface area contributed by atoms with Crippen molar-refractivity contribution in [2.45, 2.75) is 479 Å². The first-order chi connectivity index (χ1) is 47.5. The molecular formula is C95H181N7. The molecular weight excluding hydrogens is 1240 g/mol. The van der Waals surface area contributed by atoms with Crippen LogP contribution in [0.4, 0.5) is 0 Å². The number of hydrogen-bond acceptors (Lipinski definition) is 7. The van der Waals surface area contributed by atoms with E-state index in [9.17, 15) is 0 Å². The van der Waals surface area contributed by atoms with Crippen LogP contribution < -0.4 is 0 Å². The van der Waals surface area contributed by atoms with Gasteiger partial charge in [0.05, 0.1) is 0 Å². The van der Waals surface area contributed by atoms with Crippen LogP contribution in [0.3, 0.4) is 0 Å². The van der Waals surface area contributed by atoms with E-state index in [-0.39, 0.29) is 0 Å². The predicted octanol–water partition coefficient (Wildman–Crippen LogP) is 24.5. The van der Waals surface area contributed by atoms with Gasteiger partial charge in [0, 0.05) is 108 Å². The van der Waals surface area contributed by atoms with Gasteiger partial charge in [-0.15, -0.1) is 0 Å². The fourth-order valence-electron chi connectivity index (χ4n) is 25.7. The Balaban J connectivity index is 0.000000136. The smallest absolute Gasteiger partial charge is 0.0130 e. The Morgan fingerprint density at radius 3 is 1.04 bits per heavy atom. The first kappa shape index (κ1) is 85.7. The van der Waals surface area contributed by atoms with Crippen molar-refractivity contribution in [1.29, 1.82) is 0 Å². The van der Waals surface area contributed by atoms with E-state index in [1.54, 1.807) is 0 Å². The van der Waals surface area contributed by atoms with E-state index in [0.717, 1.165) is 107 Å². The highest BCUT2D eigenvalue weighted by Gasteiger charge is 2.48. The average Bonchev–Trinajstić information content (AvgIpc) is 0.816. The van der Waals surface area contributed by atoms with Gasteiger partial charge < -0.3 is 0 Å². The number of likely N-dealkylation sites (tertiary alicyclic amines) is 4. The highest BCUT2D eigenvalue weighted by molar-refractivity contribution is 5.01. The van der Waals surface area contributed by atoms with Gasteiger partial charge >= 0.3 is 0 Å². The molecule has 16 bridgehead atoms. The van der Waals surface area contributed by atoms with E-state index < -0.39 is 0 Å². The van der Waals surface area contributed by atoms with Gasteiger partial charge in [0.2, 0.25) is 0 Å². The molecule has 0 amide bonds. The summed E-state index contributed by atoms with van der Waals surface area (Å²) in [5.41, 5.74) is 3.35. The third-order valence-corrected chi connectivity index (χ3v) is 31.0. The zero-order chi connectivity index (χ0) is 74.5. The van der Waals surface area contributed by atoms with Crippen LogP contribution in [0.2, 0.25) is 0 Å². The van der Waals surface area contributed by atoms with Crippen molar-refractivity contribution in [2.24, 2.45) is 76.4 Å². The molecule has 0 spiro atoms. The van der Waals surface area contributed by atoms with E-state index in [1.165, 1.54) is 284 Å². The van der Waals surface area contributed by atoms with Gasteiger partial charge in [0.25, 0.3) is 0 Å². The van der Waals surface area contributed by atoms with Crippen molar-refractivity contribution in [2.75, 3.05) is 52.4 Å². The molecule has 596 valence electrons. The summed E-state index contributed by atoms with van der Waals surface area (Å²) in [5, 5.41) is 0. The molecule has 10 aliphatic heterocycles. The molecule has 7 nitrogen and oxygen atoms in total. The van der Waals surface area contributed by atoms with E-state index in [2.05, 4.69) is 207 Å². The molecule has 10 saturated heterocycles. The lowest BCUT2D eigenvalue weighted by Crippen LogP contribution is -2.57. The van der Waals surface area contributed by atoms with Crippen LogP contribution in [-0.4, -0.2) is 162 Å². The summed E-state index contributed by atoms with van der Waals surface area (Å²) in [6, 6.07) is 5.46. The molecule has 13 unspecified atom stereocenters. The van der Waals surface area contributed by atoms with Gasteiger partial charge in [-0.3, -0.25) is 34.3 Å². The van der Waals surface area contributed by atoms with Crippen molar-refractivity contribution >= 4 is 0 Å². The van der Waals surface area contributed by atoms with Gasteiger partial charge in [-0.05, 0) is 415 Å². The third kappa shape index (κ3) is 24.1. The minimum Gasteiger partial charge on any atom is -0.298 e. The highest BCUT2D eigenvalue weighted by atomic mass is 15.3. The van der Waals surface area contributed by atoms with Crippen molar-refractivity contribution in [3.8, 4) is 0 Å². The lowest BCUT2D eigenvalue weighted by molar-refractivity contribution is -0.0332. The van der Waals surface area contributed by atoms with Gasteiger partial charge in [0.1, 0.15) is 0 Å². The summed E-state index contributed by atoms with van der Waals surface area (Å²) in [6.45, 7) is 70.2. The molecule has 7 heteroatoms. The van der Waals surface area contributed by atoms with E-state index in [1.807, 2.05) is 0 Å². The monoisotopic (exact) mass is 1420 g/mol. The third-order valence-electron chi connectivity index (χ3n) is 31.0. The summed E-state index contributed by atoms with van der Waals surface area (Å²) in [6.07, 6.45) is 53.4. The number of fused-ring (bicyclic) bond motifs is 20. The molecule has 102 heavy (non-hydrogen) atoms. The Bertz CT molecular complexity index is 2320. The predicted molar refractivity (Wildman–Crippen MR) is 446 cm³/mol. The van der Waals surface area contributed by atoms with Crippen molar-refractivity contribution in [3.05, 3.63) is 0 Å². The van der Waals surface area contributed by atoms with Gasteiger partial charge in [0.15, 0.2) is 0 Å². The lowest BCUT2D eigenvalue weighted by atomic mass is 9.66. The number of piperidine rings is 5. The highest BCUT2D eigenvalue weighted by Crippen LogP contribution is 2.54. The van der Waals surface area contributed by atoms with Crippen LogP contribution in [0.15, 0.2) is 0 Å². The molecule has 8 aliphatic carbocycles. The summed E-state index contributed by atoms with van der Waals surface area (Å²) in [5.74, 6) is 12.4. The van der Waals surface area contributed by atoms with Crippen molar-refractivity contribution in [3.63, 3.8) is 0 Å². The Kier molecular flexibility index (Phi) is 30.3. The number of rotatable bonds is 0. The standard InChI is InChI=1S/3C13H25N.C12H23N.C12H22.2C11H21N.C10H19N/c1-10-11-6-5-7-12(10)14(9-8-11)13(2,3)4;1-13(2,3)14-8-7-11-5-4-6-12(9-11)10-14;1-13(2,3)14-9-11-5-4-6-12(10-14)8-7-11;1-12(2,3)13-9-8-10-4-6-11(13)7-5-10;1-12(2,3)11-9-5-4-6-10(11)8-7-9;1-11(2,3)12-8-9-4-6-10(12)7-5-9;1-11(2,3)12-9-5-4-6-10(12)8-7-9;1-10(2,3)11-7-8-4-5-9(11)6-8/h10-12H,5-9H2,1-4H3;2*11-12H,4-10H2,1-3H3;10-11H,4-9H2,1-3H3;9-11H,4-8H2,1-3H3;2*9-10H,4-8H2,1-3H3;8-9H,4-7H2,1-3H3. The first-order valence-electron chi connectivity index (χ1n) is 45.9. The number of hydrogen-bond donors (Lipinski definition) is 0. The minimum atomic E-state index is 0.376. The number of nitrogens with zero attached hydrogens (tertiary/aromatic N) is 7. The SMILES string of the molecule is CC(C)(C)C1C2CCCC1CC2.CC(C)(C)N1C2CCCC1CC2.CC(C)(C)N1CC2CCC1C2.CC(C)(C)N1CC2CCC1CC2.CC(C)(C)N1CC2CCCC(CC2)C1.CC(C)(C)N1CCC2CCC1CC2.CC(C)(C)N1CCC2CCCC(C2)C1.CC1C2CCCC1N(C(C)(C)C)CC2. The second kappa shape index (κ2) is 36.0. The second-order valence-corrected chi connectivity index (χ2v) is 46.7. The maximum absolute atomic E-state index is 2.77. The fourth-order valence-corrected chi connectivity index (χ4v) is 25.7. The molecule has 10 heterocycles. The van der Waals surface area contributed by atoms with E-state index in [0.29, 0.717) is 44.2 Å². The summed E-state index contributed by atoms with van der Waals surface area (Å²) < 4.78 is 0. The molecule has 0 radical (unpaired) electrons. The quantitative estimate of drug-likeness (QED) is 0.238. The summed E-state index contributed by atoms with van der Waals surface area (Å²) >= 11 is 0. The topological polar surface area (TPSA) is 22.7 Å². The molecule has 0 N–H and O–H groups in total. The maximum atomic E-state index is 2.77. The van der Waals surface area contributed by atoms with Crippen LogP contribution in [0, 0.1) is 76.4 Å². The Morgan fingerprint density at radius 1 is 0.225 bits per heavy atom. The lowest BCUT2D eigenvalue weighted by Gasteiger charge is -2.53. The average molecular weight is 1420 g/mol. The maximum Gasteiger partial charge on any atom is 0.0130 e. The zero-order valence-electron chi connectivity index (χ0n) is 73.6. The molecule has 8 saturated carbocycles. The minimum absolute atomic E-state index is 0.376. The first-order valence-corrected chi connectivity index (χ1v) is 45.9. The summed E-state index contributed by atoms with van der Waals surface area (Å²) in [7, 11) is 0. The van der Waals surface area contributed by atoms with Crippen LogP contribution in [-0.2, 0) is 0 Å². The normalized spacial score (nSPS) is 37.6. The molecule has 18 fully saturated rings. The van der Waals surface area contributed by atoms with Gasteiger partial charge in [-0.2, -0.15) is 0 Å². The van der Waals surface area contributed by atoms with Gasteiger partial charge in [-0.25, -0.2) is 0 Å². The fraction of sp³-hybridized carbons (Fsp3) is 1.00. The molecule has 0 aromatic carbocycles. The molecule has 13 atom stereocenters. The molecule has 18 rings (SSSR count). The van der Waals surface area contributed by atoms with Crippen LogP contribution in [0.25, 0.3) is 0 Å². The van der Waals surface area contributed by atoms with Crippen LogP contribution in [0.1, 0.15) is 404 Å². The van der Waals surface area contributed by atoms with Gasteiger partial charge in [-0.1, -0.05) is 85.5 Å². The molecule has 0 aromatic heterocycles. The summed E-state index contributed by atoms with van der Waals surface area (Å²) in [4.78, 5) is 19.1. The van der Waals surface area contributed by atoms with Crippen LogP contribution in [0.5, 0.6) is 0 Å². The zero-order valence-corrected chi connectivity index (χ0v) is 73.6.